The molecule has 7 amide bonds. The molecule has 1 unspecified atom stereocenters. The number of hydrogen-bond acceptors (Lipinski definition) is 14. The number of pyridine rings is 2. The monoisotopic (exact) mass is 1080 g/mol. The Labute approximate surface area is 447 Å². The number of hydrogen-bond donors (Lipinski definition) is 8. The molecule has 3 aliphatic heterocycles. The van der Waals surface area contributed by atoms with Crippen molar-refractivity contribution >= 4 is 58.2 Å². The van der Waals surface area contributed by atoms with E-state index in [0.717, 1.165) is 5.56 Å². The van der Waals surface area contributed by atoms with Crippen molar-refractivity contribution in [3.8, 4) is 11.4 Å². The fourth-order valence-corrected chi connectivity index (χ4v) is 10.9. The average molecular weight is 1080 g/mol. The summed E-state index contributed by atoms with van der Waals surface area (Å²) in [6.07, 6.45) is 3.08. The van der Waals surface area contributed by atoms with Crippen LogP contribution in [0.2, 0.25) is 0 Å². The molecule has 2 fully saturated rings. The smallest absolute Gasteiger partial charge is 0.343 e. The molecule has 0 spiro atoms. The molecule has 78 heavy (non-hydrogen) atoms. The number of ether oxygens (including phenoxy) is 2. The number of amides is 7. The minimum Gasteiger partial charge on any atom is -0.458 e. The molecule has 8 N–H and O–H groups in total. The van der Waals surface area contributed by atoms with Crippen LogP contribution in [-0.4, -0.2) is 123 Å². The number of carbonyl (C=O) groups excluding carboxylic acids is 8. The van der Waals surface area contributed by atoms with Gasteiger partial charge in [0.15, 0.2) is 5.60 Å². The summed E-state index contributed by atoms with van der Waals surface area (Å²) in [4.78, 5) is 124. The van der Waals surface area contributed by atoms with Gasteiger partial charge in [-0.05, 0) is 86.1 Å². The van der Waals surface area contributed by atoms with E-state index in [2.05, 4.69) is 31.9 Å². The fraction of sp³-hybridized carbons (Fsp3) is 0.491. The fourth-order valence-electron chi connectivity index (χ4n) is 10.9. The molecule has 22 nitrogen and oxygen atoms in total. The number of esters is 1. The Morgan fingerprint density at radius 1 is 0.859 bits per heavy atom. The first-order chi connectivity index (χ1) is 37.4. The lowest BCUT2D eigenvalue weighted by Crippen LogP contribution is -2.52. The van der Waals surface area contributed by atoms with Crippen LogP contribution in [0.3, 0.4) is 0 Å². The standard InChI is InChI=1S/C55H64FN9O13/c1-3-55(76)35-21-40-49-33(26-65(40)53(74)34(35)27-77-54(55)75)48-37(16-15-32-29(2)36(56)22-38(62-49)47(32)48)63-52(73)50(31-13-14-31)78-28-60-43(68)24-59-51(72)39(20-30-10-6-4-7-11-30)61-44(69)25-58-42(67)23-57-41(66)12-8-5-9-19-64-45(70)17-18-46(64)71/h4,6-7,10-11,21-22,31,37,39,45,50,70,76H,3,5,8-9,12-20,23-28H2,1-2H3,(H,57,66)(H,58,67)(H,59,72)(H,60,68)(H,61,69)(H,63,73)/t37-,39-,45?,50+,55-/m0/s1. The molecule has 5 heterocycles. The van der Waals surface area contributed by atoms with Gasteiger partial charge in [-0.2, -0.15) is 0 Å². The van der Waals surface area contributed by atoms with Crippen LogP contribution in [0.15, 0.2) is 47.3 Å². The maximum atomic E-state index is 15.5. The molecule has 5 atom stereocenters. The highest BCUT2D eigenvalue weighted by atomic mass is 19.1. The summed E-state index contributed by atoms with van der Waals surface area (Å²) in [5, 5.41) is 37.8. The topological polar surface area (TPSA) is 306 Å². The lowest BCUT2D eigenvalue weighted by molar-refractivity contribution is -0.172. The Kier molecular flexibility index (Phi) is 16.6. The number of nitrogens with one attached hydrogen (secondary N) is 6. The van der Waals surface area contributed by atoms with Gasteiger partial charge in [0, 0.05) is 54.8 Å². The third kappa shape index (κ3) is 11.8. The second-order valence-electron chi connectivity index (χ2n) is 20.6. The van der Waals surface area contributed by atoms with E-state index in [4.69, 9.17) is 14.5 Å². The van der Waals surface area contributed by atoms with Gasteiger partial charge in [0.25, 0.3) is 5.56 Å². The molecule has 23 heteroatoms. The number of cyclic esters (lactones) is 1. The maximum Gasteiger partial charge on any atom is 0.343 e. The summed E-state index contributed by atoms with van der Waals surface area (Å²) in [5.74, 6) is -5.06. The van der Waals surface area contributed by atoms with E-state index in [1.165, 1.54) is 15.5 Å². The third-order valence-electron chi connectivity index (χ3n) is 15.4. The minimum absolute atomic E-state index is 0.0463. The Balaban J connectivity index is 0.777. The molecule has 1 saturated heterocycles. The first-order valence-corrected chi connectivity index (χ1v) is 26.6. The van der Waals surface area contributed by atoms with Gasteiger partial charge < -0.3 is 61.1 Å². The molecule has 1 saturated carbocycles. The second-order valence-corrected chi connectivity index (χ2v) is 20.6. The minimum atomic E-state index is -2.05. The Bertz CT molecular complexity index is 3130. The van der Waals surface area contributed by atoms with Gasteiger partial charge in [0.1, 0.15) is 37.5 Å². The van der Waals surface area contributed by atoms with Gasteiger partial charge in [-0.1, -0.05) is 43.7 Å². The number of benzene rings is 2. The molecule has 2 aromatic carbocycles. The van der Waals surface area contributed by atoms with E-state index in [1.807, 2.05) is 0 Å². The second kappa shape index (κ2) is 23.5. The number of aryl methyl sites for hydroxylation is 1. The van der Waals surface area contributed by atoms with Crippen LogP contribution in [0, 0.1) is 18.7 Å². The van der Waals surface area contributed by atoms with E-state index in [-0.39, 0.29) is 74.5 Å². The van der Waals surface area contributed by atoms with Crippen LogP contribution in [0.1, 0.15) is 116 Å². The lowest BCUT2D eigenvalue weighted by atomic mass is 9.81. The van der Waals surface area contributed by atoms with Crippen molar-refractivity contribution in [3.05, 3.63) is 97.6 Å². The molecule has 4 aromatic rings. The van der Waals surface area contributed by atoms with Gasteiger partial charge in [0.05, 0.1) is 54.7 Å². The van der Waals surface area contributed by atoms with E-state index >= 15 is 4.39 Å². The molecule has 414 valence electrons. The predicted molar refractivity (Wildman–Crippen MR) is 276 cm³/mol. The Morgan fingerprint density at radius 2 is 1.59 bits per heavy atom. The number of aliphatic hydroxyl groups excluding tert-OH is 1. The Morgan fingerprint density at radius 3 is 2.32 bits per heavy atom. The number of aliphatic hydroxyl groups is 2. The van der Waals surface area contributed by atoms with Crippen LogP contribution in [0.4, 0.5) is 4.39 Å². The molecule has 2 aliphatic carbocycles. The number of likely N-dealkylation sites (tertiary alicyclic amines) is 1. The van der Waals surface area contributed by atoms with Gasteiger partial charge in [-0.25, -0.2) is 14.2 Å². The lowest BCUT2D eigenvalue weighted by Gasteiger charge is -2.31. The van der Waals surface area contributed by atoms with Gasteiger partial charge >= 0.3 is 5.97 Å². The summed E-state index contributed by atoms with van der Waals surface area (Å²) in [6, 6.07) is 9.95. The summed E-state index contributed by atoms with van der Waals surface area (Å²) >= 11 is 0. The zero-order chi connectivity index (χ0) is 55.4. The van der Waals surface area contributed by atoms with Crippen molar-refractivity contribution in [3.63, 3.8) is 0 Å². The van der Waals surface area contributed by atoms with Crippen LogP contribution in [0.25, 0.3) is 22.3 Å². The third-order valence-corrected chi connectivity index (χ3v) is 15.4. The normalized spacial score (nSPS) is 19.7. The van der Waals surface area contributed by atoms with Gasteiger partial charge in [-0.15, -0.1) is 0 Å². The van der Waals surface area contributed by atoms with Crippen molar-refractivity contribution in [2.45, 2.75) is 134 Å². The van der Waals surface area contributed by atoms with E-state index in [9.17, 15) is 53.4 Å². The molecule has 5 aliphatic rings. The highest BCUT2D eigenvalue weighted by molar-refractivity contribution is 5.95. The van der Waals surface area contributed by atoms with Crippen LogP contribution >= 0.6 is 0 Å². The Hall–Kier alpha value is -7.63. The molecule has 2 aromatic heterocycles. The van der Waals surface area contributed by atoms with Crippen LogP contribution in [0.5, 0.6) is 0 Å². The number of nitrogens with zero attached hydrogens (tertiary/aromatic N) is 3. The highest BCUT2D eigenvalue weighted by Gasteiger charge is 2.46. The summed E-state index contributed by atoms with van der Waals surface area (Å²) in [5.41, 5.74) is 1.99. The number of unbranched alkanes of at least 4 members (excludes halogenated alkanes) is 2. The largest absolute Gasteiger partial charge is 0.458 e. The highest BCUT2D eigenvalue weighted by Crippen LogP contribution is 2.46. The number of halogens is 1. The molecule has 0 bridgehead atoms. The van der Waals surface area contributed by atoms with E-state index in [0.29, 0.717) is 109 Å². The number of carbonyl (C=O) groups is 8. The van der Waals surface area contributed by atoms with Crippen molar-refractivity contribution in [2.75, 3.05) is 32.9 Å². The first-order valence-electron chi connectivity index (χ1n) is 26.6. The number of fused-ring (bicyclic) bond motifs is 5. The summed E-state index contributed by atoms with van der Waals surface area (Å²) in [7, 11) is 0. The van der Waals surface area contributed by atoms with E-state index in [1.54, 1.807) is 50.2 Å². The van der Waals surface area contributed by atoms with Crippen molar-refractivity contribution < 1.29 is 62.4 Å². The molecule has 9 rings (SSSR count). The maximum absolute atomic E-state index is 15.5. The zero-order valence-electron chi connectivity index (χ0n) is 43.5. The zero-order valence-corrected chi connectivity index (χ0v) is 43.5. The SMILES string of the molecule is CC[C@@]1(O)C(=O)OCc2c1cc1n(c2=O)Cc2c-1nc1cc(F)c(C)c3c1c2[C@@H](NC(=O)[C@H](OCNC(=O)CNC(=O)[C@H](Cc1ccccc1)NC(=O)CNC(=O)CNC(=O)CCCCCN1C(=O)CCC1O)C1CC1)CC3. The predicted octanol–water partition coefficient (Wildman–Crippen LogP) is 1.08. The summed E-state index contributed by atoms with van der Waals surface area (Å²) in [6.45, 7) is 1.66. The van der Waals surface area contributed by atoms with Gasteiger partial charge in [0.2, 0.25) is 41.4 Å². The van der Waals surface area contributed by atoms with Crippen LogP contribution in [-0.2, 0) is 79.4 Å². The number of aromatic nitrogens is 2. The molecular formula is C55H64FN9O13. The molecular weight excluding hydrogens is 1010 g/mol. The van der Waals surface area contributed by atoms with Crippen molar-refractivity contribution in [2.24, 2.45) is 5.92 Å². The quantitative estimate of drug-likeness (QED) is 0.0258. The van der Waals surface area contributed by atoms with Crippen molar-refractivity contribution in [1.29, 1.82) is 0 Å². The average Bonchev–Trinajstić information content (AvgIpc) is 4.32. The molecule has 0 radical (unpaired) electrons. The van der Waals surface area contributed by atoms with Crippen LogP contribution < -0.4 is 37.5 Å². The first kappa shape index (κ1) is 55.1. The van der Waals surface area contributed by atoms with E-state index < -0.39 is 90.0 Å². The van der Waals surface area contributed by atoms with Gasteiger partial charge in [-0.3, -0.25) is 38.4 Å². The summed E-state index contributed by atoms with van der Waals surface area (Å²) < 4.78 is 28.3. The van der Waals surface area contributed by atoms with Crippen molar-refractivity contribution in [1.82, 2.24) is 46.4 Å². The number of rotatable bonds is 23.